The van der Waals surface area contributed by atoms with Crippen molar-refractivity contribution in [3.8, 4) is 0 Å². The van der Waals surface area contributed by atoms with Crippen LogP contribution in [0, 0.1) is 11.8 Å². The molecule has 0 spiro atoms. The fraction of sp³-hybridized carbons (Fsp3) is 0.965. The Balaban J connectivity index is 2.41. The molecular formula is C57H113N3O4. The van der Waals surface area contributed by atoms with Gasteiger partial charge in [-0.2, -0.15) is 0 Å². The van der Waals surface area contributed by atoms with Crippen LogP contribution in [-0.4, -0.2) is 85.3 Å². The van der Waals surface area contributed by atoms with Gasteiger partial charge in [0.2, 0.25) is 5.91 Å². The first kappa shape index (κ1) is 60.8. The lowest BCUT2D eigenvalue weighted by Crippen LogP contribution is -2.41. The predicted octanol–water partition coefficient (Wildman–Crippen LogP) is 15.5. The summed E-state index contributed by atoms with van der Waals surface area (Å²) in [6, 6.07) is 0.691. The minimum absolute atomic E-state index is 0.0157. The van der Waals surface area contributed by atoms with Crippen molar-refractivity contribution >= 4 is 11.9 Å². The van der Waals surface area contributed by atoms with E-state index in [1.54, 1.807) is 0 Å². The van der Waals surface area contributed by atoms with Gasteiger partial charge in [0.1, 0.15) is 0 Å². The number of nitrogens with one attached hydrogen (secondary N) is 1. The molecule has 1 amide bonds. The van der Waals surface area contributed by atoms with Crippen molar-refractivity contribution < 1.29 is 19.4 Å². The van der Waals surface area contributed by atoms with E-state index in [0.717, 1.165) is 77.8 Å². The van der Waals surface area contributed by atoms with Crippen LogP contribution in [0.25, 0.3) is 0 Å². The molecule has 1 rings (SSSR count). The van der Waals surface area contributed by atoms with Crippen LogP contribution >= 0.6 is 0 Å². The Hall–Kier alpha value is -1.18. The third-order valence-electron chi connectivity index (χ3n) is 14.6. The van der Waals surface area contributed by atoms with E-state index >= 15 is 0 Å². The Morgan fingerprint density at radius 1 is 0.500 bits per heavy atom. The molecule has 7 nitrogen and oxygen atoms in total. The van der Waals surface area contributed by atoms with Crippen molar-refractivity contribution in [3.63, 3.8) is 0 Å². The van der Waals surface area contributed by atoms with E-state index in [2.05, 4.69) is 42.8 Å². The first-order chi connectivity index (χ1) is 31.5. The normalized spacial score (nSPS) is 13.4. The number of aliphatic hydroxyl groups is 1. The molecule has 0 radical (unpaired) electrons. The molecule has 0 unspecified atom stereocenters. The number of ether oxygens (including phenoxy) is 1. The van der Waals surface area contributed by atoms with Gasteiger partial charge < -0.3 is 15.2 Å². The van der Waals surface area contributed by atoms with Gasteiger partial charge in [-0.1, -0.05) is 201 Å². The van der Waals surface area contributed by atoms with Crippen LogP contribution in [0.2, 0.25) is 0 Å². The van der Waals surface area contributed by atoms with Gasteiger partial charge in [0.05, 0.1) is 13.2 Å². The standard InChI is InChI=1S/C57H113N3O4/c1-5-9-13-17-21-27-37-53(38-28-22-18-14-10-6-2)51-56(62)58-43-33-25-35-45-60(55-41-31-32-42-55)47-46-59(48-49-61)44-34-26-36-50-64-57(63)52-54(39-29-23-19-15-11-7-3)40-30-24-20-16-12-8-4/h53-55,61H,5-52H2,1-4H3,(H,58,62). The summed E-state index contributed by atoms with van der Waals surface area (Å²) in [7, 11) is 0. The number of aliphatic hydroxyl groups excluding tert-OH is 1. The summed E-state index contributed by atoms with van der Waals surface area (Å²) in [4.78, 5) is 31.2. The lowest BCUT2D eigenvalue weighted by molar-refractivity contribution is -0.145. The van der Waals surface area contributed by atoms with Crippen LogP contribution in [0.15, 0.2) is 0 Å². The third-order valence-corrected chi connectivity index (χ3v) is 14.6. The summed E-state index contributed by atoms with van der Waals surface area (Å²) < 4.78 is 5.80. The van der Waals surface area contributed by atoms with Crippen molar-refractivity contribution in [2.24, 2.45) is 11.8 Å². The molecular weight excluding hydrogens is 791 g/mol. The Labute approximate surface area is 399 Å². The average Bonchev–Trinajstić information content (AvgIpc) is 3.84. The van der Waals surface area contributed by atoms with Gasteiger partial charge in [-0.3, -0.25) is 19.4 Å². The van der Waals surface area contributed by atoms with Crippen LogP contribution in [0.5, 0.6) is 0 Å². The molecule has 380 valence electrons. The number of carbonyl (C=O) groups excluding carboxylic acids is 2. The first-order valence-electron chi connectivity index (χ1n) is 29.0. The maximum absolute atomic E-state index is 13.1. The second-order valence-corrected chi connectivity index (χ2v) is 20.6. The topological polar surface area (TPSA) is 82.1 Å². The summed E-state index contributed by atoms with van der Waals surface area (Å²) in [5.41, 5.74) is 0. The average molecular weight is 905 g/mol. The Kier molecular flexibility index (Phi) is 44.6. The number of amides is 1. The second-order valence-electron chi connectivity index (χ2n) is 20.6. The molecule has 0 saturated heterocycles. The number of carbonyl (C=O) groups is 2. The maximum atomic E-state index is 13.1. The van der Waals surface area contributed by atoms with E-state index in [4.69, 9.17) is 4.74 Å². The van der Waals surface area contributed by atoms with Crippen molar-refractivity contribution in [2.75, 3.05) is 52.5 Å². The summed E-state index contributed by atoms with van der Waals surface area (Å²) in [5.74, 6) is 1.33. The molecule has 1 aliphatic carbocycles. The largest absolute Gasteiger partial charge is 0.466 e. The molecule has 0 aromatic carbocycles. The van der Waals surface area contributed by atoms with Crippen LogP contribution in [0.4, 0.5) is 0 Å². The summed E-state index contributed by atoms with van der Waals surface area (Å²) in [5, 5.41) is 13.2. The van der Waals surface area contributed by atoms with Crippen LogP contribution in [0.1, 0.15) is 285 Å². The van der Waals surface area contributed by atoms with Gasteiger partial charge in [0.25, 0.3) is 0 Å². The zero-order chi connectivity index (χ0) is 46.4. The molecule has 2 N–H and O–H groups in total. The minimum atomic E-state index is 0.0157. The van der Waals surface area contributed by atoms with E-state index < -0.39 is 0 Å². The quantitative estimate of drug-likeness (QED) is 0.0467. The Bertz CT molecular complexity index is 958. The summed E-state index contributed by atoms with van der Waals surface area (Å²) in [6.45, 7) is 15.6. The van der Waals surface area contributed by atoms with Gasteiger partial charge in [-0.25, -0.2) is 0 Å². The van der Waals surface area contributed by atoms with E-state index in [-0.39, 0.29) is 18.5 Å². The predicted molar refractivity (Wildman–Crippen MR) is 277 cm³/mol. The van der Waals surface area contributed by atoms with Gasteiger partial charge >= 0.3 is 5.97 Å². The van der Waals surface area contributed by atoms with Crippen molar-refractivity contribution in [3.05, 3.63) is 0 Å². The number of esters is 1. The SMILES string of the molecule is CCCCCCCCC(CCCCCCCC)CC(=O)NCCCCCN(CCN(CCO)CCCCCOC(=O)CC(CCCCCCCC)CCCCCCCC)C1CCCC1. The smallest absolute Gasteiger partial charge is 0.306 e. The zero-order valence-electron chi connectivity index (χ0n) is 43.7. The fourth-order valence-electron chi connectivity index (χ4n) is 10.3. The Morgan fingerprint density at radius 2 is 0.938 bits per heavy atom. The summed E-state index contributed by atoms with van der Waals surface area (Å²) in [6.07, 6.45) is 49.5. The van der Waals surface area contributed by atoms with E-state index in [0.29, 0.717) is 30.9 Å². The molecule has 7 heteroatoms. The second kappa shape index (κ2) is 46.9. The highest BCUT2D eigenvalue weighted by molar-refractivity contribution is 5.76. The zero-order valence-corrected chi connectivity index (χ0v) is 43.7. The minimum Gasteiger partial charge on any atom is -0.466 e. The number of hydrogen-bond acceptors (Lipinski definition) is 6. The molecule has 0 bridgehead atoms. The highest BCUT2D eigenvalue weighted by Crippen LogP contribution is 2.26. The Morgan fingerprint density at radius 3 is 1.44 bits per heavy atom. The molecule has 64 heavy (non-hydrogen) atoms. The van der Waals surface area contributed by atoms with Gasteiger partial charge in [-0.15, -0.1) is 0 Å². The van der Waals surface area contributed by atoms with Crippen molar-refractivity contribution in [2.45, 2.75) is 291 Å². The maximum Gasteiger partial charge on any atom is 0.306 e. The highest BCUT2D eigenvalue weighted by atomic mass is 16.5. The fourth-order valence-corrected chi connectivity index (χ4v) is 10.3. The van der Waals surface area contributed by atoms with Crippen LogP contribution in [0.3, 0.4) is 0 Å². The van der Waals surface area contributed by atoms with Gasteiger partial charge in [-0.05, 0) is 95.6 Å². The number of nitrogens with zero attached hydrogens (tertiary/aromatic N) is 2. The molecule has 0 aliphatic heterocycles. The van der Waals surface area contributed by atoms with E-state index in [1.165, 1.54) is 212 Å². The lowest BCUT2D eigenvalue weighted by Gasteiger charge is -2.32. The summed E-state index contributed by atoms with van der Waals surface area (Å²) >= 11 is 0. The number of unbranched alkanes of at least 4 members (excludes halogenated alkanes) is 24. The molecule has 0 heterocycles. The molecule has 1 fully saturated rings. The number of rotatable bonds is 50. The van der Waals surface area contributed by atoms with Crippen LogP contribution < -0.4 is 5.32 Å². The van der Waals surface area contributed by atoms with Crippen LogP contribution in [-0.2, 0) is 14.3 Å². The highest BCUT2D eigenvalue weighted by Gasteiger charge is 2.23. The molecule has 0 aromatic heterocycles. The van der Waals surface area contributed by atoms with E-state index in [9.17, 15) is 14.7 Å². The lowest BCUT2D eigenvalue weighted by atomic mass is 9.91. The van der Waals surface area contributed by atoms with Gasteiger partial charge in [0, 0.05) is 45.1 Å². The molecule has 1 saturated carbocycles. The molecule has 0 atom stereocenters. The van der Waals surface area contributed by atoms with Gasteiger partial charge in [0.15, 0.2) is 0 Å². The first-order valence-corrected chi connectivity index (χ1v) is 29.0. The van der Waals surface area contributed by atoms with Crippen molar-refractivity contribution in [1.82, 2.24) is 15.1 Å². The molecule has 1 aliphatic rings. The third kappa shape index (κ3) is 37.9. The van der Waals surface area contributed by atoms with Crippen molar-refractivity contribution in [1.29, 1.82) is 0 Å². The molecule has 0 aromatic rings. The number of hydrogen-bond donors (Lipinski definition) is 2. The monoisotopic (exact) mass is 904 g/mol. The van der Waals surface area contributed by atoms with E-state index in [1.807, 2.05) is 0 Å².